The lowest BCUT2D eigenvalue weighted by Gasteiger charge is -2.20. The van der Waals surface area contributed by atoms with Gasteiger partial charge in [-0.3, -0.25) is 4.79 Å². The normalized spacial score (nSPS) is 19.6. The van der Waals surface area contributed by atoms with Crippen molar-refractivity contribution in [2.24, 2.45) is 0 Å². The number of likely N-dealkylation sites (tertiary alicyclic amines) is 1. The van der Waals surface area contributed by atoms with Crippen molar-refractivity contribution in [2.45, 2.75) is 25.8 Å². The van der Waals surface area contributed by atoms with Crippen molar-refractivity contribution in [3.05, 3.63) is 35.4 Å². The Bertz CT molecular complexity index is 411. The van der Waals surface area contributed by atoms with Crippen LogP contribution in [-0.2, 0) is 6.42 Å². The predicted molar refractivity (Wildman–Crippen MR) is 73.8 cm³/mol. The van der Waals surface area contributed by atoms with E-state index in [-0.39, 0.29) is 5.91 Å². The number of rotatable bonds is 3. The number of hydrogen-bond acceptors (Lipinski definition) is 2. The van der Waals surface area contributed by atoms with Gasteiger partial charge < -0.3 is 9.80 Å². The molecular weight excluding hydrogens is 224 g/mol. The van der Waals surface area contributed by atoms with Gasteiger partial charge in [0, 0.05) is 24.7 Å². The van der Waals surface area contributed by atoms with Crippen LogP contribution < -0.4 is 0 Å². The van der Waals surface area contributed by atoms with Crippen LogP contribution in [0, 0.1) is 0 Å². The van der Waals surface area contributed by atoms with Crippen molar-refractivity contribution >= 4 is 5.91 Å². The minimum absolute atomic E-state index is 0.169. The summed E-state index contributed by atoms with van der Waals surface area (Å²) in [5.74, 6) is 0.169. The molecule has 2 rings (SSSR count). The van der Waals surface area contributed by atoms with E-state index < -0.39 is 0 Å². The van der Waals surface area contributed by atoms with E-state index in [4.69, 9.17) is 0 Å². The number of hydrogen-bond donors (Lipinski definition) is 0. The summed E-state index contributed by atoms with van der Waals surface area (Å²) in [5.41, 5.74) is 2.09. The van der Waals surface area contributed by atoms with E-state index in [9.17, 15) is 4.79 Å². The van der Waals surface area contributed by atoms with Gasteiger partial charge in [-0.15, -0.1) is 0 Å². The molecule has 1 aliphatic heterocycles. The van der Waals surface area contributed by atoms with E-state index in [2.05, 4.69) is 25.9 Å². The van der Waals surface area contributed by atoms with E-state index in [1.807, 2.05) is 29.2 Å². The van der Waals surface area contributed by atoms with Gasteiger partial charge in [0.15, 0.2) is 0 Å². The first kappa shape index (κ1) is 13.1. The van der Waals surface area contributed by atoms with E-state index in [1.165, 1.54) is 5.56 Å². The lowest BCUT2D eigenvalue weighted by molar-refractivity contribution is 0.0783. The van der Waals surface area contributed by atoms with Crippen molar-refractivity contribution in [1.29, 1.82) is 0 Å². The van der Waals surface area contributed by atoms with Crippen LogP contribution in [0.15, 0.2) is 24.3 Å². The minimum atomic E-state index is 0.169. The molecule has 0 bridgehead atoms. The molecule has 0 saturated carbocycles. The molecule has 1 heterocycles. The number of carbonyl (C=O) groups is 1. The quantitative estimate of drug-likeness (QED) is 0.814. The summed E-state index contributed by atoms with van der Waals surface area (Å²) in [6, 6.07) is 8.50. The molecule has 1 fully saturated rings. The summed E-state index contributed by atoms with van der Waals surface area (Å²) < 4.78 is 0. The summed E-state index contributed by atoms with van der Waals surface area (Å²) in [6.45, 7) is 3.84. The zero-order valence-electron chi connectivity index (χ0n) is 11.5. The van der Waals surface area contributed by atoms with Crippen LogP contribution >= 0.6 is 0 Å². The Hall–Kier alpha value is -1.35. The number of likely N-dealkylation sites (N-methyl/N-ethyl adjacent to an activating group) is 1. The van der Waals surface area contributed by atoms with Crippen molar-refractivity contribution in [3.63, 3.8) is 0 Å². The molecule has 1 saturated heterocycles. The van der Waals surface area contributed by atoms with Crippen molar-refractivity contribution in [1.82, 2.24) is 9.80 Å². The molecule has 18 heavy (non-hydrogen) atoms. The zero-order valence-corrected chi connectivity index (χ0v) is 11.5. The average Bonchev–Trinajstić information content (AvgIpc) is 2.88. The first-order valence-electron chi connectivity index (χ1n) is 6.66. The average molecular weight is 246 g/mol. The number of nitrogens with zero attached hydrogens (tertiary/aromatic N) is 2. The Kier molecular flexibility index (Phi) is 4.02. The molecule has 0 N–H and O–H groups in total. The molecular formula is C15H22N2O. The van der Waals surface area contributed by atoms with E-state index in [0.29, 0.717) is 6.04 Å². The van der Waals surface area contributed by atoms with E-state index in [1.54, 1.807) is 0 Å². The Labute approximate surface area is 109 Å². The first-order chi connectivity index (χ1) is 8.61. The van der Waals surface area contributed by atoms with Gasteiger partial charge in [0.05, 0.1) is 0 Å². The maximum Gasteiger partial charge on any atom is 0.253 e. The Balaban J connectivity index is 2.03. The van der Waals surface area contributed by atoms with Gasteiger partial charge in [0.25, 0.3) is 5.91 Å². The topological polar surface area (TPSA) is 23.6 Å². The minimum Gasteiger partial charge on any atom is -0.337 e. The van der Waals surface area contributed by atoms with Crippen molar-refractivity contribution in [2.75, 3.05) is 27.2 Å². The third kappa shape index (κ3) is 2.72. The smallest absolute Gasteiger partial charge is 0.253 e. The summed E-state index contributed by atoms with van der Waals surface area (Å²) in [6.07, 6.45) is 2.09. The van der Waals surface area contributed by atoms with Crippen LogP contribution in [0.3, 0.4) is 0 Å². The van der Waals surface area contributed by atoms with Gasteiger partial charge in [-0.1, -0.05) is 19.1 Å². The zero-order chi connectivity index (χ0) is 13.1. The van der Waals surface area contributed by atoms with Crippen LogP contribution in [0.25, 0.3) is 0 Å². The van der Waals surface area contributed by atoms with Gasteiger partial charge in [-0.25, -0.2) is 0 Å². The molecule has 0 radical (unpaired) electrons. The second-order valence-electron chi connectivity index (χ2n) is 5.21. The Morgan fingerprint density at radius 1 is 1.33 bits per heavy atom. The van der Waals surface area contributed by atoms with Gasteiger partial charge >= 0.3 is 0 Å². The molecule has 3 heteroatoms. The molecule has 0 spiro atoms. The third-order valence-corrected chi connectivity index (χ3v) is 3.79. The highest BCUT2D eigenvalue weighted by atomic mass is 16.2. The van der Waals surface area contributed by atoms with Crippen LogP contribution in [0.5, 0.6) is 0 Å². The van der Waals surface area contributed by atoms with Crippen LogP contribution in [-0.4, -0.2) is 48.9 Å². The second kappa shape index (κ2) is 5.53. The number of aryl methyl sites for hydroxylation is 1. The maximum absolute atomic E-state index is 12.3. The number of benzene rings is 1. The van der Waals surface area contributed by atoms with Crippen LogP contribution in [0.4, 0.5) is 0 Å². The monoisotopic (exact) mass is 246 g/mol. The maximum atomic E-state index is 12.3. The summed E-state index contributed by atoms with van der Waals surface area (Å²) in [7, 11) is 4.16. The van der Waals surface area contributed by atoms with E-state index in [0.717, 1.165) is 31.5 Å². The molecule has 0 aromatic heterocycles. The largest absolute Gasteiger partial charge is 0.337 e. The standard InChI is InChI=1S/C15H22N2O/c1-4-12-5-7-13(8-6-12)15(18)17-10-9-14(11-17)16(2)3/h5-8,14H,4,9-11H2,1-3H3/t14-/m0/s1. The van der Waals surface area contributed by atoms with Gasteiger partial charge in [0.1, 0.15) is 0 Å². The van der Waals surface area contributed by atoms with Gasteiger partial charge in [0.2, 0.25) is 0 Å². The molecule has 98 valence electrons. The fourth-order valence-electron chi connectivity index (χ4n) is 2.41. The molecule has 1 amide bonds. The molecule has 0 unspecified atom stereocenters. The fraction of sp³-hybridized carbons (Fsp3) is 0.533. The molecule has 1 aliphatic rings. The Morgan fingerprint density at radius 3 is 2.50 bits per heavy atom. The molecule has 3 nitrogen and oxygen atoms in total. The highest BCUT2D eigenvalue weighted by Gasteiger charge is 2.27. The van der Waals surface area contributed by atoms with Crippen molar-refractivity contribution < 1.29 is 4.79 Å². The SMILES string of the molecule is CCc1ccc(C(=O)N2CC[C@H](N(C)C)C2)cc1. The summed E-state index contributed by atoms with van der Waals surface area (Å²) in [5, 5.41) is 0. The molecule has 1 aromatic carbocycles. The van der Waals surface area contributed by atoms with Gasteiger partial charge in [-0.2, -0.15) is 0 Å². The first-order valence-corrected chi connectivity index (χ1v) is 6.66. The number of carbonyl (C=O) groups excluding carboxylic acids is 1. The van der Waals surface area contributed by atoms with E-state index >= 15 is 0 Å². The lowest BCUT2D eigenvalue weighted by atomic mass is 10.1. The lowest BCUT2D eigenvalue weighted by Crippen LogP contribution is -2.34. The highest BCUT2D eigenvalue weighted by Crippen LogP contribution is 2.16. The van der Waals surface area contributed by atoms with Crippen LogP contribution in [0.2, 0.25) is 0 Å². The fourth-order valence-corrected chi connectivity index (χ4v) is 2.41. The van der Waals surface area contributed by atoms with Gasteiger partial charge in [-0.05, 0) is 44.6 Å². The predicted octanol–water partition coefficient (Wildman–Crippen LogP) is 2.03. The molecule has 1 atom stereocenters. The molecule has 1 aromatic rings. The highest BCUT2D eigenvalue weighted by molar-refractivity contribution is 5.94. The van der Waals surface area contributed by atoms with Crippen LogP contribution in [0.1, 0.15) is 29.3 Å². The van der Waals surface area contributed by atoms with Crippen molar-refractivity contribution in [3.8, 4) is 0 Å². The molecule has 0 aliphatic carbocycles. The Morgan fingerprint density at radius 2 is 2.00 bits per heavy atom. The number of amides is 1. The summed E-state index contributed by atoms with van der Waals surface area (Å²) in [4.78, 5) is 16.5. The summed E-state index contributed by atoms with van der Waals surface area (Å²) >= 11 is 0. The second-order valence-corrected chi connectivity index (χ2v) is 5.21. The third-order valence-electron chi connectivity index (χ3n) is 3.79.